The minimum absolute atomic E-state index is 0.105. The maximum atomic E-state index is 10.3. The van der Waals surface area contributed by atoms with Crippen molar-refractivity contribution in [2.45, 2.75) is 64.8 Å². The van der Waals surface area contributed by atoms with Crippen molar-refractivity contribution in [1.29, 1.82) is 0 Å². The Bertz CT molecular complexity index is 1230. The third-order valence-electron chi connectivity index (χ3n) is 7.43. The van der Waals surface area contributed by atoms with Crippen LogP contribution in [-0.2, 0) is 0 Å². The molecule has 2 heteroatoms. The molecule has 4 aliphatic carbocycles. The minimum Gasteiger partial charge on any atom is -0.393 e. The fraction of sp³-hybridized carbons (Fsp3) is 0.625. The van der Waals surface area contributed by atoms with Crippen molar-refractivity contribution in [2.75, 3.05) is 0 Å². The van der Waals surface area contributed by atoms with Gasteiger partial charge in [-0.25, -0.2) is 0 Å². The fourth-order valence-corrected chi connectivity index (χ4v) is 5.80. The number of hydrogen-bond acceptors (Lipinski definition) is 2. The minimum atomic E-state index is -2.30. The zero-order valence-electron chi connectivity index (χ0n) is 25.2. The van der Waals surface area contributed by atoms with E-state index in [0.29, 0.717) is 31.3 Å². The van der Waals surface area contributed by atoms with Gasteiger partial charge in [-0.05, 0) is 90.6 Å². The first-order chi connectivity index (χ1) is 16.5. The molecule has 26 heavy (non-hydrogen) atoms. The van der Waals surface area contributed by atoms with Gasteiger partial charge in [-0.15, -0.1) is 0 Å². The molecule has 0 saturated heterocycles. The number of pyridine rings is 1. The monoisotopic (exact) mass is 359 g/mol. The maximum Gasteiger partial charge on any atom is 0.0846 e. The lowest BCUT2D eigenvalue weighted by Crippen LogP contribution is -2.49. The van der Waals surface area contributed by atoms with Crippen molar-refractivity contribution >= 4 is 5.57 Å². The summed E-state index contributed by atoms with van der Waals surface area (Å²) in [6.45, 7) is 3.76. The van der Waals surface area contributed by atoms with Crippen molar-refractivity contribution in [3.63, 3.8) is 0 Å². The molecule has 5 rings (SSSR count). The molecule has 1 heterocycles. The number of rotatable bonds is 1. The van der Waals surface area contributed by atoms with Gasteiger partial charge >= 0.3 is 0 Å². The lowest BCUT2D eigenvalue weighted by atomic mass is 9.47. The average molecular weight is 360 g/mol. The molecule has 138 valence electrons. The molecule has 1 aromatic heterocycles. The van der Waals surface area contributed by atoms with Crippen LogP contribution in [0, 0.1) is 28.6 Å². The second kappa shape index (κ2) is 5.79. The van der Waals surface area contributed by atoms with Gasteiger partial charge in [0.1, 0.15) is 0 Å². The van der Waals surface area contributed by atoms with Gasteiger partial charge in [-0.3, -0.25) is 4.98 Å². The van der Waals surface area contributed by atoms with Gasteiger partial charge in [0.25, 0.3) is 0 Å². The van der Waals surface area contributed by atoms with Crippen LogP contribution in [0.1, 0.15) is 78.0 Å². The van der Waals surface area contributed by atoms with Gasteiger partial charge < -0.3 is 5.11 Å². The molecule has 0 bridgehead atoms. The summed E-state index contributed by atoms with van der Waals surface area (Å²) in [5.41, 5.74) is -1.09. The van der Waals surface area contributed by atoms with Crippen LogP contribution in [0.2, 0.25) is 0 Å². The predicted octanol–water partition coefficient (Wildman–Crippen LogP) is 5.40. The summed E-state index contributed by atoms with van der Waals surface area (Å²) < 4.78 is 86.8. The van der Waals surface area contributed by atoms with E-state index in [1.807, 2.05) is 6.92 Å². The van der Waals surface area contributed by atoms with Gasteiger partial charge in [0.2, 0.25) is 0 Å². The fourth-order valence-electron chi connectivity index (χ4n) is 5.80. The van der Waals surface area contributed by atoms with Crippen molar-refractivity contribution in [3.8, 4) is 0 Å². The van der Waals surface area contributed by atoms with E-state index < -0.39 is 72.0 Å². The highest BCUT2D eigenvalue weighted by molar-refractivity contribution is 5.72. The van der Waals surface area contributed by atoms with Crippen LogP contribution in [0.4, 0.5) is 0 Å². The SMILES string of the molecule is [2H]C1=C2C[C@@H](O)CC[C@]2(C)C2CC[C@]3(C)C(c4c([2H])nc([2H])c([2H])c4[2H])=C([2H])C([2H])([2H])C3C2C1([2H])[2H]. The van der Waals surface area contributed by atoms with Gasteiger partial charge in [0, 0.05) is 17.8 Å². The molecule has 2 nitrogen and oxygen atoms in total. The maximum absolute atomic E-state index is 10.3. The van der Waals surface area contributed by atoms with E-state index in [0.717, 1.165) is 0 Å². The first kappa shape index (κ1) is 9.19. The topological polar surface area (TPSA) is 33.1 Å². The molecular formula is C24H31NO. The second-order valence-corrected chi connectivity index (χ2v) is 8.73. The highest BCUT2D eigenvalue weighted by Gasteiger charge is 2.56. The Labute approximate surface area is 171 Å². The van der Waals surface area contributed by atoms with Crippen molar-refractivity contribution < 1.29 is 18.8 Å². The van der Waals surface area contributed by atoms with Crippen LogP contribution in [0.15, 0.2) is 42.1 Å². The van der Waals surface area contributed by atoms with Crippen molar-refractivity contribution in [2.24, 2.45) is 28.6 Å². The van der Waals surface area contributed by atoms with E-state index in [-0.39, 0.29) is 29.5 Å². The zero-order valence-corrected chi connectivity index (χ0v) is 15.2. The van der Waals surface area contributed by atoms with E-state index in [9.17, 15) is 5.11 Å². The molecule has 0 amide bonds. The first-order valence-corrected chi connectivity index (χ1v) is 9.56. The molecule has 0 aromatic carbocycles. The number of aliphatic hydroxyl groups is 1. The molecule has 0 spiro atoms. The lowest BCUT2D eigenvalue weighted by molar-refractivity contribution is -0.0238. The van der Waals surface area contributed by atoms with E-state index >= 15 is 0 Å². The summed E-state index contributed by atoms with van der Waals surface area (Å²) in [7, 11) is 0. The van der Waals surface area contributed by atoms with Crippen molar-refractivity contribution in [1.82, 2.24) is 4.98 Å². The first-order valence-electron chi connectivity index (χ1n) is 14.6. The Balaban J connectivity index is 1.74. The molecule has 2 saturated carbocycles. The highest BCUT2D eigenvalue weighted by Crippen LogP contribution is 2.66. The average Bonchev–Trinajstić information content (AvgIpc) is 2.94. The Morgan fingerprint density at radius 3 is 2.88 bits per heavy atom. The third kappa shape index (κ3) is 2.24. The summed E-state index contributed by atoms with van der Waals surface area (Å²) in [5, 5.41) is 10.3. The van der Waals surface area contributed by atoms with Gasteiger partial charge in [0.15, 0.2) is 0 Å². The van der Waals surface area contributed by atoms with Crippen LogP contribution in [0.25, 0.3) is 5.57 Å². The van der Waals surface area contributed by atoms with E-state index in [1.54, 1.807) is 6.92 Å². The summed E-state index contributed by atoms with van der Waals surface area (Å²) in [6.07, 6.45) is -3.86. The second-order valence-electron chi connectivity index (χ2n) is 8.73. The largest absolute Gasteiger partial charge is 0.393 e. The van der Waals surface area contributed by atoms with Gasteiger partial charge in [0.05, 0.1) is 14.3 Å². The Morgan fingerprint density at radius 1 is 1.15 bits per heavy atom. The molecule has 6 atom stereocenters. The van der Waals surface area contributed by atoms with Crippen LogP contribution >= 0.6 is 0 Å². The van der Waals surface area contributed by atoms with Crippen molar-refractivity contribution in [3.05, 3.63) is 47.7 Å². The molecule has 1 N–H and O–H groups in total. The van der Waals surface area contributed by atoms with Crippen LogP contribution in [0.3, 0.4) is 0 Å². The molecule has 0 aliphatic heterocycles. The Morgan fingerprint density at radius 2 is 2.00 bits per heavy atom. The van der Waals surface area contributed by atoms with Crippen LogP contribution in [-0.4, -0.2) is 16.2 Å². The Kier molecular flexibility index (Phi) is 2.05. The summed E-state index contributed by atoms with van der Waals surface area (Å²) in [6, 6.07) is -1.56. The standard InChI is InChI=1S/C24H31NO/c1-23-11-9-18(26)14-17(23)5-6-19-21-8-7-20(16-4-3-13-25-15-16)24(21,2)12-10-22(19)23/h3-5,7,13,15,18-19,21-22,26H,6,8-12,14H2,1-2H3/t18-,19?,21?,22?,23-,24+/m0/s1/i3D,4D,5D,6D2,7D,8D2,13D,15D. The van der Waals surface area contributed by atoms with E-state index in [4.69, 9.17) is 13.7 Å². The summed E-state index contributed by atoms with van der Waals surface area (Å²) in [5.74, 6) is -2.26. The van der Waals surface area contributed by atoms with Gasteiger partial charge in [-0.1, -0.05) is 37.6 Å². The van der Waals surface area contributed by atoms with E-state index in [1.165, 1.54) is 0 Å². The summed E-state index contributed by atoms with van der Waals surface area (Å²) >= 11 is 0. The number of aromatic nitrogens is 1. The molecule has 2 fully saturated rings. The Hall–Kier alpha value is -1.41. The molecule has 0 radical (unpaired) electrons. The molecule has 4 aliphatic rings. The number of aliphatic hydroxyl groups excluding tert-OH is 1. The highest BCUT2D eigenvalue weighted by atomic mass is 16.3. The normalized spacial score (nSPS) is 54.6. The third-order valence-corrected chi connectivity index (χ3v) is 7.43. The lowest BCUT2D eigenvalue weighted by Gasteiger charge is -2.57. The molecular weight excluding hydrogens is 318 g/mol. The van der Waals surface area contributed by atoms with Gasteiger partial charge in [-0.2, -0.15) is 0 Å². The smallest absolute Gasteiger partial charge is 0.0846 e. The molecule has 3 unspecified atom stereocenters. The zero-order chi connectivity index (χ0) is 26.7. The summed E-state index contributed by atoms with van der Waals surface area (Å²) in [4.78, 5) is 3.77. The number of allylic oxidation sites excluding steroid dienone is 3. The number of nitrogens with zero attached hydrogens (tertiary/aromatic N) is 1. The quantitative estimate of drug-likeness (QED) is 0.681. The van der Waals surface area contributed by atoms with Crippen LogP contribution in [0.5, 0.6) is 0 Å². The van der Waals surface area contributed by atoms with Crippen LogP contribution < -0.4 is 0 Å². The van der Waals surface area contributed by atoms with E-state index in [2.05, 4.69) is 4.98 Å². The molecule has 1 aromatic rings. The number of hydrogen-bond donors (Lipinski definition) is 1. The number of fused-ring (bicyclic) bond motifs is 5. The predicted molar refractivity (Wildman–Crippen MR) is 105 cm³/mol.